The summed E-state index contributed by atoms with van der Waals surface area (Å²) in [4.78, 5) is 10.9. The van der Waals surface area contributed by atoms with Crippen LogP contribution in [0.3, 0.4) is 0 Å². The number of imidazole rings is 1. The first-order chi connectivity index (χ1) is 10.8. The van der Waals surface area contributed by atoms with Crippen molar-refractivity contribution < 1.29 is 5.11 Å². The number of aliphatic hydroxyl groups excluding tert-OH is 1. The zero-order valence-corrected chi connectivity index (χ0v) is 12.5. The maximum atomic E-state index is 8.94. The van der Waals surface area contributed by atoms with Crippen molar-refractivity contribution in [2.24, 2.45) is 0 Å². The number of pyridine rings is 2. The molecule has 3 rings (SSSR count). The van der Waals surface area contributed by atoms with Gasteiger partial charge in [-0.3, -0.25) is 0 Å². The Bertz CT molecular complexity index is 705. The highest BCUT2D eigenvalue weighted by Crippen LogP contribution is 2.14. The lowest BCUT2D eigenvalue weighted by molar-refractivity contribution is 0.304. The molecular weight excluding hydrogens is 278 g/mol. The van der Waals surface area contributed by atoms with Crippen molar-refractivity contribution in [3.63, 3.8) is 0 Å². The van der Waals surface area contributed by atoms with Crippen molar-refractivity contribution in [1.29, 1.82) is 0 Å². The van der Waals surface area contributed by atoms with Crippen LogP contribution in [-0.4, -0.2) is 39.7 Å². The fraction of sp³-hybridized carbons (Fsp3) is 0.250. The van der Waals surface area contributed by atoms with Gasteiger partial charge in [0.05, 0.1) is 30.7 Å². The van der Waals surface area contributed by atoms with E-state index >= 15 is 0 Å². The summed E-state index contributed by atoms with van der Waals surface area (Å²) in [6, 6.07) is 9.85. The van der Waals surface area contributed by atoms with Crippen LogP contribution in [0.5, 0.6) is 0 Å². The van der Waals surface area contributed by atoms with Crippen molar-refractivity contribution >= 4 is 17.2 Å². The average molecular weight is 297 g/mol. The number of nitrogens with zero attached hydrogens (tertiary/aromatic N) is 4. The summed E-state index contributed by atoms with van der Waals surface area (Å²) in [6.45, 7) is 1.35. The van der Waals surface area contributed by atoms with E-state index in [2.05, 4.69) is 15.3 Å². The molecule has 0 spiro atoms. The third-order valence-corrected chi connectivity index (χ3v) is 3.49. The van der Waals surface area contributed by atoms with Crippen molar-refractivity contribution in [2.45, 2.75) is 6.54 Å². The third-order valence-electron chi connectivity index (χ3n) is 3.49. The molecule has 6 nitrogen and oxygen atoms in total. The lowest BCUT2D eigenvalue weighted by atomic mass is 10.3. The monoisotopic (exact) mass is 297 g/mol. The van der Waals surface area contributed by atoms with Gasteiger partial charge in [-0.05, 0) is 24.3 Å². The standard InChI is InChI=1S/C16H19N5O/c1-20(8-9-22)14-5-6-15(18-11-14)17-10-13-12-21-7-3-2-4-16(21)19-13/h2-7,11-12,22H,8-10H2,1H3,(H,17,18). The molecule has 3 aromatic rings. The van der Waals surface area contributed by atoms with E-state index in [0.717, 1.165) is 22.8 Å². The van der Waals surface area contributed by atoms with E-state index in [1.165, 1.54) is 0 Å². The highest BCUT2D eigenvalue weighted by atomic mass is 16.3. The number of likely N-dealkylation sites (N-methyl/N-ethyl adjacent to an activating group) is 1. The minimum atomic E-state index is 0.129. The van der Waals surface area contributed by atoms with Gasteiger partial charge in [0.25, 0.3) is 0 Å². The lowest BCUT2D eigenvalue weighted by Gasteiger charge is -2.17. The molecule has 0 aliphatic heterocycles. The fourth-order valence-corrected chi connectivity index (χ4v) is 2.25. The number of anilines is 2. The Morgan fingerprint density at radius 2 is 2.18 bits per heavy atom. The molecule has 0 saturated carbocycles. The Balaban J connectivity index is 1.63. The molecule has 0 saturated heterocycles. The van der Waals surface area contributed by atoms with Gasteiger partial charge in [0.15, 0.2) is 0 Å². The maximum Gasteiger partial charge on any atom is 0.137 e. The van der Waals surface area contributed by atoms with E-state index in [1.54, 1.807) is 6.20 Å². The molecule has 0 aromatic carbocycles. The van der Waals surface area contributed by atoms with Gasteiger partial charge < -0.3 is 19.7 Å². The summed E-state index contributed by atoms with van der Waals surface area (Å²) in [5, 5.41) is 12.2. The zero-order chi connectivity index (χ0) is 15.4. The molecule has 0 amide bonds. The number of hydrogen-bond acceptors (Lipinski definition) is 5. The summed E-state index contributed by atoms with van der Waals surface area (Å²) >= 11 is 0. The van der Waals surface area contributed by atoms with Crippen LogP contribution < -0.4 is 10.2 Å². The van der Waals surface area contributed by atoms with Crippen LogP contribution in [0.2, 0.25) is 0 Å². The first-order valence-corrected chi connectivity index (χ1v) is 7.21. The number of nitrogens with one attached hydrogen (secondary N) is 1. The van der Waals surface area contributed by atoms with E-state index in [9.17, 15) is 0 Å². The third kappa shape index (κ3) is 3.17. The smallest absolute Gasteiger partial charge is 0.137 e. The minimum absolute atomic E-state index is 0.129. The van der Waals surface area contributed by atoms with Crippen LogP contribution in [0.15, 0.2) is 48.9 Å². The number of hydrogen-bond donors (Lipinski definition) is 2. The molecule has 6 heteroatoms. The topological polar surface area (TPSA) is 65.7 Å². The van der Waals surface area contributed by atoms with E-state index in [0.29, 0.717) is 13.1 Å². The predicted molar refractivity (Wildman–Crippen MR) is 87.1 cm³/mol. The SMILES string of the molecule is CN(CCO)c1ccc(NCc2cn3ccccc3n2)nc1. The Kier molecular flexibility index (Phi) is 4.20. The highest BCUT2D eigenvalue weighted by Gasteiger charge is 2.03. The van der Waals surface area contributed by atoms with Crippen molar-refractivity contribution in [3.05, 3.63) is 54.6 Å². The van der Waals surface area contributed by atoms with Crippen LogP contribution >= 0.6 is 0 Å². The Morgan fingerprint density at radius 3 is 2.91 bits per heavy atom. The zero-order valence-electron chi connectivity index (χ0n) is 12.5. The van der Waals surface area contributed by atoms with E-state index in [-0.39, 0.29) is 6.61 Å². The molecule has 114 valence electrons. The second kappa shape index (κ2) is 6.44. The molecule has 3 aromatic heterocycles. The second-order valence-corrected chi connectivity index (χ2v) is 5.10. The van der Waals surface area contributed by atoms with Crippen LogP contribution in [0.1, 0.15) is 5.69 Å². The molecule has 0 unspecified atom stereocenters. The summed E-state index contributed by atoms with van der Waals surface area (Å²) in [6.07, 6.45) is 5.78. The van der Waals surface area contributed by atoms with Gasteiger partial charge in [0, 0.05) is 26.0 Å². The molecule has 0 bridgehead atoms. The molecule has 2 N–H and O–H groups in total. The number of aliphatic hydroxyl groups is 1. The summed E-state index contributed by atoms with van der Waals surface area (Å²) < 4.78 is 2.00. The van der Waals surface area contributed by atoms with Gasteiger partial charge in [-0.2, -0.15) is 0 Å². The van der Waals surface area contributed by atoms with Crippen molar-refractivity contribution in [1.82, 2.24) is 14.4 Å². The summed E-state index contributed by atoms with van der Waals surface area (Å²) in [5.41, 5.74) is 2.88. The Labute approximate surface area is 129 Å². The van der Waals surface area contributed by atoms with Crippen molar-refractivity contribution in [3.8, 4) is 0 Å². The first kappa shape index (κ1) is 14.3. The molecule has 0 radical (unpaired) electrons. The van der Waals surface area contributed by atoms with Crippen LogP contribution in [0, 0.1) is 0 Å². The molecular formula is C16H19N5O. The van der Waals surface area contributed by atoms with E-state index < -0.39 is 0 Å². The predicted octanol–water partition coefficient (Wildman–Crippen LogP) is 1.77. The quantitative estimate of drug-likeness (QED) is 0.726. The Hall–Kier alpha value is -2.60. The molecule has 22 heavy (non-hydrogen) atoms. The van der Waals surface area contributed by atoms with Gasteiger partial charge in [-0.25, -0.2) is 9.97 Å². The molecule has 0 aliphatic carbocycles. The fourth-order valence-electron chi connectivity index (χ4n) is 2.25. The van der Waals surface area contributed by atoms with Crippen LogP contribution in [0.25, 0.3) is 5.65 Å². The Morgan fingerprint density at radius 1 is 1.27 bits per heavy atom. The largest absolute Gasteiger partial charge is 0.395 e. The number of rotatable bonds is 6. The second-order valence-electron chi connectivity index (χ2n) is 5.10. The average Bonchev–Trinajstić information content (AvgIpc) is 2.96. The number of aromatic nitrogens is 3. The molecule has 3 heterocycles. The van der Waals surface area contributed by atoms with Gasteiger partial charge >= 0.3 is 0 Å². The maximum absolute atomic E-state index is 8.94. The van der Waals surface area contributed by atoms with Crippen LogP contribution in [0.4, 0.5) is 11.5 Å². The van der Waals surface area contributed by atoms with E-state index in [1.807, 2.05) is 59.1 Å². The highest BCUT2D eigenvalue weighted by molar-refractivity contribution is 5.49. The molecule has 0 atom stereocenters. The first-order valence-electron chi connectivity index (χ1n) is 7.21. The lowest BCUT2D eigenvalue weighted by Crippen LogP contribution is -2.21. The van der Waals surface area contributed by atoms with Gasteiger partial charge in [-0.15, -0.1) is 0 Å². The minimum Gasteiger partial charge on any atom is -0.395 e. The van der Waals surface area contributed by atoms with Gasteiger partial charge in [0.1, 0.15) is 11.5 Å². The van der Waals surface area contributed by atoms with Gasteiger partial charge in [-0.1, -0.05) is 6.07 Å². The molecule has 0 aliphatic rings. The molecule has 0 fully saturated rings. The van der Waals surface area contributed by atoms with Gasteiger partial charge in [0.2, 0.25) is 0 Å². The summed E-state index contributed by atoms with van der Waals surface area (Å²) in [7, 11) is 1.93. The summed E-state index contributed by atoms with van der Waals surface area (Å²) in [5.74, 6) is 0.804. The normalized spacial score (nSPS) is 10.8. The van der Waals surface area contributed by atoms with Crippen LogP contribution in [-0.2, 0) is 6.54 Å². The van der Waals surface area contributed by atoms with Crippen molar-refractivity contribution in [2.75, 3.05) is 30.4 Å². The van der Waals surface area contributed by atoms with E-state index in [4.69, 9.17) is 5.11 Å². The number of fused-ring (bicyclic) bond motifs is 1.